The Bertz CT molecular complexity index is 610. The predicted molar refractivity (Wildman–Crippen MR) is 58.0 cm³/mol. The molecule has 0 fully saturated rings. The van der Waals surface area contributed by atoms with E-state index < -0.39 is 0 Å². The second-order valence-corrected chi connectivity index (χ2v) is 3.31. The summed E-state index contributed by atoms with van der Waals surface area (Å²) in [6.45, 7) is 0. The molecule has 0 amide bonds. The number of para-hydroxylation sites is 1. The Kier molecular flexibility index (Phi) is 1.31. The van der Waals surface area contributed by atoms with Gasteiger partial charge in [0.25, 0.3) is 0 Å². The van der Waals surface area contributed by atoms with Gasteiger partial charge in [-0.15, -0.1) is 0 Å². The van der Waals surface area contributed by atoms with Crippen LogP contribution in [0.25, 0.3) is 21.8 Å². The Morgan fingerprint density at radius 1 is 1.21 bits per heavy atom. The molecule has 0 unspecified atom stereocenters. The Morgan fingerprint density at radius 3 is 3.07 bits per heavy atom. The van der Waals surface area contributed by atoms with Gasteiger partial charge in [-0.05, 0) is 12.1 Å². The number of nitrogens with two attached hydrogens (primary N) is 1. The van der Waals surface area contributed by atoms with Gasteiger partial charge in [-0.3, -0.25) is 4.98 Å². The fraction of sp³-hybridized carbons (Fsp3) is 0. The molecule has 3 nitrogen and oxygen atoms in total. The molecule has 3 N–H and O–H groups in total. The topological polar surface area (TPSA) is 54.7 Å². The minimum Gasteiger partial charge on any atom is -0.397 e. The number of benzene rings is 1. The Morgan fingerprint density at radius 2 is 2.14 bits per heavy atom. The first kappa shape index (κ1) is 7.38. The van der Waals surface area contributed by atoms with Crippen LogP contribution in [0.3, 0.4) is 0 Å². The molecule has 0 spiro atoms. The maximum absolute atomic E-state index is 5.84. The number of nitrogens with one attached hydrogen (secondary N) is 1. The highest BCUT2D eigenvalue weighted by Crippen LogP contribution is 2.25. The molecule has 0 aliphatic rings. The number of rotatable bonds is 0. The van der Waals surface area contributed by atoms with Crippen molar-refractivity contribution in [2.24, 2.45) is 0 Å². The van der Waals surface area contributed by atoms with E-state index in [1.807, 2.05) is 36.7 Å². The van der Waals surface area contributed by atoms with E-state index in [2.05, 4.69) is 9.97 Å². The molecule has 0 aliphatic carbocycles. The number of aromatic nitrogens is 2. The lowest BCUT2D eigenvalue weighted by atomic mass is 10.1. The van der Waals surface area contributed by atoms with E-state index in [0.717, 1.165) is 27.5 Å². The van der Waals surface area contributed by atoms with Crippen molar-refractivity contribution in [3.05, 3.63) is 36.7 Å². The highest BCUT2D eigenvalue weighted by molar-refractivity contribution is 6.06. The molecule has 3 aromatic rings. The number of fused-ring (bicyclic) bond motifs is 3. The molecule has 0 bridgehead atoms. The lowest BCUT2D eigenvalue weighted by Gasteiger charge is -2.01. The van der Waals surface area contributed by atoms with Crippen molar-refractivity contribution < 1.29 is 0 Å². The fourth-order valence-electron chi connectivity index (χ4n) is 1.76. The summed E-state index contributed by atoms with van der Waals surface area (Å²) in [5, 5.41) is 2.19. The number of anilines is 1. The number of hydrogen-bond donors (Lipinski definition) is 2. The summed E-state index contributed by atoms with van der Waals surface area (Å²) in [4.78, 5) is 7.53. The van der Waals surface area contributed by atoms with E-state index in [1.165, 1.54) is 0 Å². The molecule has 0 saturated carbocycles. The van der Waals surface area contributed by atoms with Gasteiger partial charge in [0.2, 0.25) is 0 Å². The normalized spacial score (nSPS) is 11.1. The number of pyridine rings is 1. The molecular weight excluding hydrogens is 174 g/mol. The number of H-pyrrole nitrogens is 1. The van der Waals surface area contributed by atoms with Gasteiger partial charge in [0.05, 0.1) is 16.7 Å². The van der Waals surface area contributed by atoms with Gasteiger partial charge in [0.15, 0.2) is 0 Å². The summed E-state index contributed by atoms with van der Waals surface area (Å²) < 4.78 is 0. The third kappa shape index (κ3) is 0.836. The van der Waals surface area contributed by atoms with Crippen LogP contribution in [0, 0.1) is 0 Å². The number of hydrogen-bond acceptors (Lipinski definition) is 2. The zero-order valence-corrected chi connectivity index (χ0v) is 7.49. The molecule has 2 aromatic heterocycles. The van der Waals surface area contributed by atoms with Gasteiger partial charge in [0, 0.05) is 23.2 Å². The third-order valence-corrected chi connectivity index (χ3v) is 2.45. The van der Waals surface area contributed by atoms with Crippen molar-refractivity contribution in [3.8, 4) is 0 Å². The van der Waals surface area contributed by atoms with Crippen LogP contribution >= 0.6 is 0 Å². The third-order valence-electron chi connectivity index (χ3n) is 2.45. The largest absolute Gasteiger partial charge is 0.397 e. The number of aromatic amines is 1. The minimum absolute atomic E-state index is 0.721. The zero-order valence-electron chi connectivity index (χ0n) is 7.49. The van der Waals surface area contributed by atoms with E-state index >= 15 is 0 Å². The molecule has 0 saturated heterocycles. The number of nitrogens with zero attached hydrogens (tertiary/aromatic N) is 1. The summed E-state index contributed by atoms with van der Waals surface area (Å²) in [6, 6.07) is 7.84. The summed E-state index contributed by atoms with van der Waals surface area (Å²) in [5.41, 5.74) is 8.52. The van der Waals surface area contributed by atoms with Crippen LogP contribution in [0.5, 0.6) is 0 Å². The SMILES string of the molecule is Nc1cccc2c1ncc1cc[nH]c12. The van der Waals surface area contributed by atoms with Gasteiger partial charge >= 0.3 is 0 Å². The van der Waals surface area contributed by atoms with Crippen LogP contribution < -0.4 is 5.73 Å². The van der Waals surface area contributed by atoms with E-state index in [-0.39, 0.29) is 0 Å². The maximum atomic E-state index is 5.84. The van der Waals surface area contributed by atoms with Crippen LogP contribution in [-0.2, 0) is 0 Å². The van der Waals surface area contributed by atoms with Crippen molar-refractivity contribution in [2.45, 2.75) is 0 Å². The van der Waals surface area contributed by atoms with Gasteiger partial charge in [-0.25, -0.2) is 0 Å². The molecule has 2 heterocycles. The van der Waals surface area contributed by atoms with Crippen molar-refractivity contribution in [3.63, 3.8) is 0 Å². The van der Waals surface area contributed by atoms with Crippen LogP contribution in [0.1, 0.15) is 0 Å². The molecule has 3 rings (SSSR count). The van der Waals surface area contributed by atoms with Crippen LogP contribution in [0.2, 0.25) is 0 Å². The van der Waals surface area contributed by atoms with Gasteiger partial charge in [-0.1, -0.05) is 12.1 Å². The van der Waals surface area contributed by atoms with Crippen LogP contribution in [0.15, 0.2) is 36.7 Å². The monoisotopic (exact) mass is 183 g/mol. The molecule has 0 aliphatic heterocycles. The minimum atomic E-state index is 0.721. The standard InChI is InChI=1S/C11H9N3/c12-9-3-1-2-8-10-7(4-5-13-10)6-14-11(8)9/h1-6,13H,12H2. The predicted octanol–water partition coefficient (Wildman–Crippen LogP) is 2.30. The quantitative estimate of drug-likeness (QED) is 0.525. The van der Waals surface area contributed by atoms with Crippen LogP contribution in [0.4, 0.5) is 5.69 Å². The zero-order chi connectivity index (χ0) is 9.54. The summed E-state index contributed by atoms with van der Waals surface area (Å²) in [5.74, 6) is 0. The highest BCUT2D eigenvalue weighted by atomic mass is 14.7. The van der Waals surface area contributed by atoms with E-state index in [4.69, 9.17) is 5.73 Å². The maximum Gasteiger partial charge on any atom is 0.0952 e. The van der Waals surface area contributed by atoms with Crippen molar-refractivity contribution >= 4 is 27.5 Å². The van der Waals surface area contributed by atoms with Crippen LogP contribution in [-0.4, -0.2) is 9.97 Å². The van der Waals surface area contributed by atoms with Crippen molar-refractivity contribution in [2.75, 3.05) is 5.73 Å². The molecule has 1 aromatic carbocycles. The molecule has 0 radical (unpaired) electrons. The lowest BCUT2D eigenvalue weighted by Crippen LogP contribution is -1.89. The smallest absolute Gasteiger partial charge is 0.0952 e. The van der Waals surface area contributed by atoms with Gasteiger partial charge in [0.1, 0.15) is 0 Å². The fourth-order valence-corrected chi connectivity index (χ4v) is 1.76. The van der Waals surface area contributed by atoms with E-state index in [9.17, 15) is 0 Å². The summed E-state index contributed by atoms with van der Waals surface area (Å²) >= 11 is 0. The first-order valence-electron chi connectivity index (χ1n) is 4.46. The first-order valence-corrected chi connectivity index (χ1v) is 4.46. The second-order valence-electron chi connectivity index (χ2n) is 3.31. The van der Waals surface area contributed by atoms with E-state index in [1.54, 1.807) is 0 Å². The molecule has 68 valence electrons. The average Bonchev–Trinajstić information content (AvgIpc) is 2.66. The molecule has 0 atom stereocenters. The lowest BCUT2D eigenvalue weighted by molar-refractivity contribution is 1.43. The van der Waals surface area contributed by atoms with Crippen molar-refractivity contribution in [1.29, 1.82) is 0 Å². The van der Waals surface area contributed by atoms with E-state index in [0.29, 0.717) is 0 Å². The summed E-state index contributed by atoms with van der Waals surface area (Å²) in [6.07, 6.45) is 3.75. The Balaban J connectivity index is 2.64. The first-order chi connectivity index (χ1) is 6.86. The average molecular weight is 183 g/mol. The summed E-state index contributed by atoms with van der Waals surface area (Å²) in [7, 11) is 0. The Hall–Kier alpha value is -2.03. The molecule has 14 heavy (non-hydrogen) atoms. The van der Waals surface area contributed by atoms with Crippen molar-refractivity contribution in [1.82, 2.24) is 9.97 Å². The second kappa shape index (κ2) is 2.48. The Labute approximate surface area is 80.6 Å². The molecule has 3 heteroatoms. The van der Waals surface area contributed by atoms with Gasteiger partial charge in [-0.2, -0.15) is 0 Å². The molecular formula is C11H9N3. The van der Waals surface area contributed by atoms with Gasteiger partial charge < -0.3 is 10.7 Å². The number of nitrogen functional groups attached to an aromatic ring is 1. The highest BCUT2D eigenvalue weighted by Gasteiger charge is 2.03.